The summed E-state index contributed by atoms with van der Waals surface area (Å²) in [7, 11) is -3.66. The molecule has 7 nitrogen and oxygen atoms in total. The van der Waals surface area contributed by atoms with Gasteiger partial charge in [0, 0.05) is 56.3 Å². The number of benzene rings is 1. The van der Waals surface area contributed by atoms with E-state index < -0.39 is 10.0 Å². The number of thioether (sulfide) groups is 1. The summed E-state index contributed by atoms with van der Waals surface area (Å²) in [4.78, 5) is 28.5. The molecule has 158 valence electrons. The Kier molecular flexibility index (Phi) is 6.17. The second-order valence-electron chi connectivity index (χ2n) is 7.78. The van der Waals surface area contributed by atoms with Gasteiger partial charge in [-0.15, -0.1) is 0 Å². The Morgan fingerprint density at radius 2 is 1.72 bits per heavy atom. The first-order valence-electron chi connectivity index (χ1n) is 10.2. The lowest BCUT2D eigenvalue weighted by molar-refractivity contribution is -0.136. The summed E-state index contributed by atoms with van der Waals surface area (Å²) in [5.74, 6) is 1.81. The summed E-state index contributed by atoms with van der Waals surface area (Å²) < 4.78 is 27.7. The summed E-state index contributed by atoms with van der Waals surface area (Å²) in [6.45, 7) is 2.87. The van der Waals surface area contributed by atoms with Crippen LogP contribution in [0.1, 0.15) is 25.7 Å². The monoisotopic (exact) mass is 437 g/mol. The van der Waals surface area contributed by atoms with E-state index in [4.69, 9.17) is 0 Å². The summed E-state index contributed by atoms with van der Waals surface area (Å²) in [5.41, 5.74) is 0.737. The molecule has 3 aliphatic rings. The van der Waals surface area contributed by atoms with Gasteiger partial charge >= 0.3 is 0 Å². The molecule has 3 fully saturated rings. The van der Waals surface area contributed by atoms with Gasteiger partial charge < -0.3 is 9.80 Å². The summed E-state index contributed by atoms with van der Waals surface area (Å²) in [6, 6.07) is 6.55. The molecular formula is C20H27N3O4S2. The maximum atomic E-state index is 13.1. The molecule has 1 atom stereocenters. The number of nitrogens with zero attached hydrogens (tertiary/aromatic N) is 3. The zero-order valence-electron chi connectivity index (χ0n) is 16.5. The molecule has 1 aromatic carbocycles. The van der Waals surface area contributed by atoms with E-state index in [0.717, 1.165) is 43.1 Å². The highest BCUT2D eigenvalue weighted by molar-refractivity contribution is 7.99. The van der Waals surface area contributed by atoms with E-state index in [0.29, 0.717) is 25.9 Å². The Labute approximate surface area is 176 Å². The molecule has 0 spiro atoms. The number of amides is 2. The summed E-state index contributed by atoms with van der Waals surface area (Å²) >= 11 is 1.85. The normalized spacial score (nSPS) is 24.1. The van der Waals surface area contributed by atoms with E-state index in [1.165, 1.54) is 4.31 Å². The Morgan fingerprint density at radius 1 is 1.00 bits per heavy atom. The molecule has 2 amide bonds. The highest BCUT2D eigenvalue weighted by Crippen LogP contribution is 2.28. The molecule has 9 heteroatoms. The molecule has 0 aromatic heterocycles. The van der Waals surface area contributed by atoms with Gasteiger partial charge in [0.2, 0.25) is 21.8 Å². The molecule has 4 rings (SSSR count). The van der Waals surface area contributed by atoms with E-state index in [1.807, 2.05) is 16.7 Å². The van der Waals surface area contributed by atoms with E-state index in [9.17, 15) is 18.0 Å². The third kappa shape index (κ3) is 4.32. The predicted molar refractivity (Wildman–Crippen MR) is 113 cm³/mol. The molecule has 3 saturated heterocycles. The van der Waals surface area contributed by atoms with Crippen LogP contribution in [-0.2, 0) is 19.6 Å². The van der Waals surface area contributed by atoms with Crippen LogP contribution in [0.2, 0.25) is 0 Å². The van der Waals surface area contributed by atoms with Crippen LogP contribution in [-0.4, -0.2) is 73.7 Å². The van der Waals surface area contributed by atoms with Crippen molar-refractivity contribution >= 4 is 39.3 Å². The second kappa shape index (κ2) is 8.65. The Balaban J connectivity index is 1.46. The fraction of sp³-hybridized carbons (Fsp3) is 0.600. The predicted octanol–water partition coefficient (Wildman–Crippen LogP) is 1.79. The maximum absolute atomic E-state index is 13.1. The van der Waals surface area contributed by atoms with E-state index in [2.05, 4.69) is 0 Å². The van der Waals surface area contributed by atoms with Crippen molar-refractivity contribution in [3.8, 4) is 0 Å². The lowest BCUT2D eigenvalue weighted by Gasteiger charge is -2.35. The molecule has 0 radical (unpaired) electrons. The van der Waals surface area contributed by atoms with Crippen molar-refractivity contribution in [1.82, 2.24) is 9.21 Å². The van der Waals surface area contributed by atoms with Gasteiger partial charge in [-0.3, -0.25) is 9.59 Å². The second-order valence-corrected chi connectivity index (χ2v) is 10.9. The fourth-order valence-corrected chi connectivity index (χ4v) is 6.70. The number of rotatable bonds is 4. The van der Waals surface area contributed by atoms with Gasteiger partial charge in [-0.05, 0) is 43.5 Å². The molecule has 29 heavy (non-hydrogen) atoms. The number of carbonyl (C=O) groups is 2. The molecule has 3 aliphatic heterocycles. The van der Waals surface area contributed by atoms with E-state index in [-0.39, 0.29) is 29.2 Å². The molecule has 0 bridgehead atoms. The lowest BCUT2D eigenvalue weighted by Crippen LogP contribution is -2.48. The van der Waals surface area contributed by atoms with Gasteiger partial charge in [-0.2, -0.15) is 16.1 Å². The molecule has 0 N–H and O–H groups in total. The molecule has 0 aliphatic carbocycles. The standard InChI is InChI=1S/C20H27N3O4S2/c24-19-4-2-10-23(19)17-5-7-18(8-6-17)29(26,27)22-9-1-3-16(15-22)20(25)21-11-13-28-14-12-21/h5-8,16H,1-4,9-15H2/t16-/m0/s1. The van der Waals surface area contributed by atoms with Crippen LogP contribution in [0.4, 0.5) is 5.69 Å². The van der Waals surface area contributed by atoms with Gasteiger partial charge in [0.25, 0.3) is 0 Å². The molecule has 0 unspecified atom stereocenters. The molecule has 1 aromatic rings. The molecular weight excluding hydrogens is 410 g/mol. The van der Waals surface area contributed by atoms with Crippen molar-refractivity contribution in [3.63, 3.8) is 0 Å². The van der Waals surface area contributed by atoms with Crippen LogP contribution in [0.15, 0.2) is 29.2 Å². The molecule has 0 saturated carbocycles. The van der Waals surface area contributed by atoms with Crippen molar-refractivity contribution in [3.05, 3.63) is 24.3 Å². The zero-order valence-corrected chi connectivity index (χ0v) is 18.1. The minimum atomic E-state index is -3.66. The van der Waals surface area contributed by atoms with Crippen molar-refractivity contribution < 1.29 is 18.0 Å². The van der Waals surface area contributed by atoms with Crippen molar-refractivity contribution in [1.29, 1.82) is 0 Å². The number of anilines is 1. The Morgan fingerprint density at radius 3 is 2.38 bits per heavy atom. The minimum Gasteiger partial charge on any atom is -0.341 e. The highest BCUT2D eigenvalue weighted by Gasteiger charge is 2.35. The fourth-order valence-electron chi connectivity index (χ4n) is 4.27. The van der Waals surface area contributed by atoms with Gasteiger partial charge in [0.15, 0.2) is 0 Å². The number of hydrogen-bond donors (Lipinski definition) is 0. The number of piperidine rings is 1. The minimum absolute atomic E-state index is 0.0779. The first kappa shape index (κ1) is 20.7. The quantitative estimate of drug-likeness (QED) is 0.718. The SMILES string of the molecule is O=C([C@H]1CCCN(S(=O)(=O)c2ccc(N3CCCC3=O)cc2)C1)N1CCSCC1. The smallest absolute Gasteiger partial charge is 0.243 e. The van der Waals surface area contributed by atoms with Crippen LogP contribution in [0.5, 0.6) is 0 Å². The number of carbonyl (C=O) groups excluding carboxylic acids is 2. The van der Waals surface area contributed by atoms with Crippen LogP contribution in [0, 0.1) is 5.92 Å². The average Bonchev–Trinajstić information content (AvgIpc) is 3.20. The van der Waals surface area contributed by atoms with E-state index >= 15 is 0 Å². The third-order valence-electron chi connectivity index (χ3n) is 5.92. The topological polar surface area (TPSA) is 78.0 Å². The lowest BCUT2D eigenvalue weighted by atomic mass is 9.98. The van der Waals surface area contributed by atoms with Crippen molar-refractivity contribution in [2.24, 2.45) is 5.92 Å². The average molecular weight is 438 g/mol. The largest absolute Gasteiger partial charge is 0.341 e. The number of sulfonamides is 1. The maximum Gasteiger partial charge on any atom is 0.243 e. The van der Waals surface area contributed by atoms with Crippen molar-refractivity contribution in [2.75, 3.05) is 49.1 Å². The number of hydrogen-bond acceptors (Lipinski definition) is 5. The first-order valence-corrected chi connectivity index (χ1v) is 12.8. The van der Waals surface area contributed by atoms with Gasteiger partial charge in [-0.1, -0.05) is 0 Å². The van der Waals surface area contributed by atoms with Gasteiger partial charge in [-0.25, -0.2) is 8.42 Å². The van der Waals surface area contributed by atoms with Crippen LogP contribution >= 0.6 is 11.8 Å². The zero-order chi connectivity index (χ0) is 20.4. The van der Waals surface area contributed by atoms with Gasteiger partial charge in [0.1, 0.15) is 0 Å². The highest BCUT2D eigenvalue weighted by atomic mass is 32.2. The van der Waals surface area contributed by atoms with Crippen molar-refractivity contribution in [2.45, 2.75) is 30.6 Å². The summed E-state index contributed by atoms with van der Waals surface area (Å²) in [5, 5.41) is 0. The van der Waals surface area contributed by atoms with Crippen LogP contribution < -0.4 is 4.90 Å². The third-order valence-corrected chi connectivity index (χ3v) is 8.74. The van der Waals surface area contributed by atoms with Crippen LogP contribution in [0.25, 0.3) is 0 Å². The Bertz CT molecular complexity index is 866. The first-order chi connectivity index (χ1) is 14.0. The van der Waals surface area contributed by atoms with Crippen LogP contribution in [0.3, 0.4) is 0 Å². The summed E-state index contributed by atoms with van der Waals surface area (Å²) in [6.07, 6.45) is 2.81. The molecule has 3 heterocycles. The van der Waals surface area contributed by atoms with E-state index in [1.54, 1.807) is 29.2 Å². The Hall–Kier alpha value is -1.58. The van der Waals surface area contributed by atoms with Gasteiger partial charge in [0.05, 0.1) is 10.8 Å².